The van der Waals surface area contributed by atoms with E-state index < -0.39 is 0 Å². The molecule has 0 aliphatic heterocycles. The average Bonchev–Trinajstić information content (AvgIpc) is 3.98. The zero-order chi connectivity index (χ0) is 31.8. The molecule has 238 valence electrons. The van der Waals surface area contributed by atoms with Crippen molar-refractivity contribution >= 4 is 0 Å². The first-order valence-electron chi connectivity index (χ1n) is 18.1. The number of benzene rings is 2. The van der Waals surface area contributed by atoms with Crippen LogP contribution >= 0.6 is 0 Å². The van der Waals surface area contributed by atoms with Crippen molar-refractivity contribution in [3.8, 4) is 0 Å². The first kappa shape index (κ1) is 41.5. The Hall–Kier alpha value is -1.60. The van der Waals surface area contributed by atoms with Gasteiger partial charge in [-0.2, -0.15) is 0 Å². The van der Waals surface area contributed by atoms with E-state index in [2.05, 4.69) is 50.2 Å². The maximum atomic E-state index is 6.13. The Morgan fingerprint density at radius 1 is 0.463 bits per heavy atom. The molecule has 4 aliphatic carbocycles. The summed E-state index contributed by atoms with van der Waals surface area (Å²) in [5.41, 5.74) is 8.96. The molecule has 4 aliphatic rings. The molecule has 0 heterocycles. The third-order valence-corrected chi connectivity index (χ3v) is 7.55. The van der Waals surface area contributed by atoms with Gasteiger partial charge >= 0.3 is 0 Å². The van der Waals surface area contributed by atoms with E-state index in [1.165, 1.54) is 86.5 Å². The molecule has 0 bridgehead atoms. The van der Waals surface area contributed by atoms with Gasteiger partial charge in [0.05, 0.1) is 6.10 Å². The summed E-state index contributed by atoms with van der Waals surface area (Å²) in [5.74, 6) is 1.85. The number of aryl methyl sites for hydroxylation is 2. The maximum Gasteiger partial charge on any atom is 0.109 e. The molecule has 1 nitrogen and oxygen atoms in total. The second-order valence-corrected chi connectivity index (χ2v) is 9.92. The van der Waals surface area contributed by atoms with Crippen molar-refractivity contribution in [2.75, 3.05) is 0 Å². The third kappa shape index (κ3) is 13.9. The van der Waals surface area contributed by atoms with Gasteiger partial charge in [0.15, 0.2) is 0 Å². The lowest BCUT2D eigenvalue weighted by Gasteiger charge is -2.21. The highest BCUT2D eigenvalue weighted by molar-refractivity contribution is 5.54. The van der Waals surface area contributed by atoms with E-state index in [1.54, 1.807) is 11.1 Å². The van der Waals surface area contributed by atoms with E-state index in [0.717, 1.165) is 11.8 Å². The van der Waals surface area contributed by atoms with Crippen LogP contribution in [0, 0.1) is 19.8 Å². The summed E-state index contributed by atoms with van der Waals surface area (Å²) in [4.78, 5) is 0. The molecule has 2 atom stereocenters. The van der Waals surface area contributed by atoms with Crippen molar-refractivity contribution in [1.29, 1.82) is 0 Å². The van der Waals surface area contributed by atoms with Crippen LogP contribution in [0.1, 0.15) is 193 Å². The van der Waals surface area contributed by atoms with Crippen molar-refractivity contribution in [2.45, 2.75) is 179 Å². The molecule has 2 aromatic carbocycles. The fourth-order valence-electron chi connectivity index (χ4n) is 5.77. The van der Waals surface area contributed by atoms with Gasteiger partial charge in [0.2, 0.25) is 0 Å². The average molecular weight is 569 g/mol. The minimum absolute atomic E-state index is 0.349. The Balaban J connectivity index is 0. The minimum atomic E-state index is 0.349. The van der Waals surface area contributed by atoms with Crippen LogP contribution in [0.3, 0.4) is 0 Å². The molecule has 6 rings (SSSR count). The van der Waals surface area contributed by atoms with Crippen molar-refractivity contribution < 1.29 is 4.74 Å². The first-order valence-corrected chi connectivity index (χ1v) is 18.1. The van der Waals surface area contributed by atoms with Gasteiger partial charge in [-0.1, -0.05) is 169 Å². The molecule has 1 heteroatoms. The van der Waals surface area contributed by atoms with E-state index in [0.29, 0.717) is 12.2 Å². The number of hydrogen-bond acceptors (Lipinski definition) is 1. The van der Waals surface area contributed by atoms with Crippen LogP contribution in [-0.4, -0.2) is 6.10 Å². The van der Waals surface area contributed by atoms with E-state index in [4.69, 9.17) is 4.74 Å². The number of ether oxygens (including phenoxy) is 1. The van der Waals surface area contributed by atoms with Crippen LogP contribution in [0.25, 0.3) is 0 Å². The predicted octanol–water partition coefficient (Wildman–Crippen LogP) is 13.9. The van der Waals surface area contributed by atoms with Gasteiger partial charge < -0.3 is 4.74 Å². The zero-order valence-corrected chi connectivity index (χ0v) is 30.3. The molecular formula is C40H72O. The van der Waals surface area contributed by atoms with Gasteiger partial charge in [-0.05, 0) is 67.7 Å². The topological polar surface area (TPSA) is 9.23 Å². The predicted molar refractivity (Wildman–Crippen MR) is 189 cm³/mol. The minimum Gasteiger partial charge on any atom is -0.366 e. The quantitative estimate of drug-likeness (QED) is 0.358. The lowest BCUT2D eigenvalue weighted by atomic mass is 9.84. The largest absolute Gasteiger partial charge is 0.366 e. The van der Waals surface area contributed by atoms with Gasteiger partial charge in [-0.25, -0.2) is 0 Å². The Labute approximate surface area is 259 Å². The SMILES string of the molecule is CC.CC.CC.CC.CC.CC.Cc1ccc2c(c1)[C@H]2C1CCCCC1.Cc1ccc2c(c1)[C@H]2OC1CCCCC1. The van der Waals surface area contributed by atoms with Gasteiger partial charge in [-0.3, -0.25) is 0 Å². The van der Waals surface area contributed by atoms with E-state index >= 15 is 0 Å². The van der Waals surface area contributed by atoms with Crippen LogP contribution in [0.2, 0.25) is 0 Å². The summed E-state index contributed by atoms with van der Waals surface area (Å²) in [7, 11) is 0. The second kappa shape index (κ2) is 26.1. The zero-order valence-electron chi connectivity index (χ0n) is 30.3. The normalized spacial score (nSPS) is 18.9. The number of hydrogen-bond donors (Lipinski definition) is 0. The van der Waals surface area contributed by atoms with Crippen molar-refractivity contribution in [3.05, 3.63) is 69.8 Å². The highest BCUT2D eigenvalue weighted by Gasteiger charge is 2.39. The summed E-state index contributed by atoms with van der Waals surface area (Å²) >= 11 is 0. The Bertz CT molecular complexity index is 855. The lowest BCUT2D eigenvalue weighted by molar-refractivity contribution is 0.00899. The Morgan fingerprint density at radius 3 is 1.32 bits per heavy atom. The van der Waals surface area contributed by atoms with Crippen molar-refractivity contribution in [1.82, 2.24) is 0 Å². The molecule has 2 saturated carbocycles. The maximum absolute atomic E-state index is 6.13. The second-order valence-electron chi connectivity index (χ2n) is 9.92. The summed E-state index contributed by atoms with van der Waals surface area (Å²) in [5, 5.41) is 0. The van der Waals surface area contributed by atoms with Crippen LogP contribution in [0.15, 0.2) is 36.4 Å². The van der Waals surface area contributed by atoms with Gasteiger partial charge in [-0.15, -0.1) is 0 Å². The summed E-state index contributed by atoms with van der Waals surface area (Å²) in [6, 6.07) is 13.7. The standard InChI is InChI=1S/C14H18O.C14H18.6C2H6/c1-10-7-8-12-13(9-10)14(12)15-11-5-3-2-4-6-11;1-10-7-8-12-13(9-10)14(12)11-5-3-2-4-6-11;6*1-2/h7-9,11,14H,2-6H2,1H3;7-9,11,14H,2-6H2,1H3;6*1-2H3/t2*14-;;;;;;/m00....../s1. The van der Waals surface area contributed by atoms with Crippen molar-refractivity contribution in [3.63, 3.8) is 0 Å². The van der Waals surface area contributed by atoms with Crippen LogP contribution in [0.5, 0.6) is 0 Å². The molecule has 0 aromatic heterocycles. The molecule has 0 saturated heterocycles. The fraction of sp³-hybridized carbons (Fsp3) is 0.700. The molecule has 2 fully saturated rings. The molecule has 0 radical (unpaired) electrons. The summed E-state index contributed by atoms with van der Waals surface area (Å²) < 4.78 is 6.13. The molecule has 0 spiro atoms. The van der Waals surface area contributed by atoms with Crippen molar-refractivity contribution in [2.24, 2.45) is 5.92 Å². The highest BCUT2D eigenvalue weighted by atomic mass is 16.5. The van der Waals surface area contributed by atoms with Gasteiger partial charge in [0.1, 0.15) is 6.10 Å². The molecular weight excluding hydrogens is 496 g/mol. The highest BCUT2D eigenvalue weighted by Crippen LogP contribution is 2.53. The van der Waals surface area contributed by atoms with Gasteiger partial charge in [0, 0.05) is 5.92 Å². The molecule has 0 N–H and O–H groups in total. The summed E-state index contributed by atoms with van der Waals surface area (Å²) in [6.07, 6.45) is 14.9. The summed E-state index contributed by atoms with van der Waals surface area (Å²) in [6.45, 7) is 28.4. The van der Waals surface area contributed by atoms with Crippen LogP contribution in [0.4, 0.5) is 0 Å². The first-order chi connectivity index (χ1) is 20.2. The molecule has 0 amide bonds. The Morgan fingerprint density at radius 2 is 0.878 bits per heavy atom. The van der Waals surface area contributed by atoms with E-state index in [-0.39, 0.29) is 0 Å². The number of fused-ring (bicyclic) bond motifs is 2. The third-order valence-electron chi connectivity index (χ3n) is 7.55. The van der Waals surface area contributed by atoms with Crippen LogP contribution in [-0.2, 0) is 4.74 Å². The smallest absolute Gasteiger partial charge is 0.109 e. The lowest BCUT2D eigenvalue weighted by Crippen LogP contribution is -2.15. The number of rotatable bonds is 3. The molecule has 0 unspecified atom stereocenters. The fourth-order valence-corrected chi connectivity index (χ4v) is 5.77. The Kier molecular flexibility index (Phi) is 26.4. The van der Waals surface area contributed by atoms with E-state index in [9.17, 15) is 0 Å². The van der Waals surface area contributed by atoms with Crippen LogP contribution < -0.4 is 0 Å². The molecule has 2 aromatic rings. The molecule has 41 heavy (non-hydrogen) atoms. The van der Waals surface area contributed by atoms with E-state index in [1.807, 2.05) is 83.1 Å². The van der Waals surface area contributed by atoms with Gasteiger partial charge in [0.25, 0.3) is 0 Å². The monoisotopic (exact) mass is 569 g/mol.